The highest BCUT2D eigenvalue weighted by Gasteiger charge is 2.30. The van der Waals surface area contributed by atoms with Crippen molar-refractivity contribution in [2.45, 2.75) is 22.0 Å². The maximum Gasteiger partial charge on any atom is 0.573 e. The fourth-order valence-electron chi connectivity index (χ4n) is 1.56. The lowest BCUT2D eigenvalue weighted by atomic mass is 10.3. The molecule has 0 atom stereocenters. The first-order valence-corrected chi connectivity index (χ1v) is 8.72. The normalized spacial score (nSPS) is 11.5. The highest BCUT2D eigenvalue weighted by molar-refractivity contribution is 8.02. The van der Waals surface area contributed by atoms with Crippen LogP contribution in [0, 0.1) is 6.92 Å². The number of anilines is 2. The van der Waals surface area contributed by atoms with Crippen LogP contribution in [0.1, 0.15) is 5.82 Å². The number of rotatable bonds is 5. The van der Waals surface area contributed by atoms with E-state index in [9.17, 15) is 13.2 Å². The van der Waals surface area contributed by atoms with E-state index in [1.165, 1.54) is 58.9 Å². The van der Waals surface area contributed by atoms with Crippen LogP contribution in [0.3, 0.4) is 0 Å². The molecule has 0 saturated heterocycles. The largest absolute Gasteiger partial charge is 0.573 e. The molecule has 0 saturated carbocycles. The Hall–Kier alpha value is -1.92. The molecule has 0 amide bonds. The smallest absolute Gasteiger partial charge is 0.406 e. The molecule has 3 rings (SSSR count). The van der Waals surface area contributed by atoms with E-state index in [0.717, 1.165) is 4.34 Å². The molecular formula is C12H8F3N5OS3. The number of nitrogens with one attached hydrogen (secondary N) is 1. The van der Waals surface area contributed by atoms with Crippen molar-refractivity contribution in [1.82, 2.24) is 19.6 Å². The number of alkyl halides is 3. The lowest BCUT2D eigenvalue weighted by Crippen LogP contribution is -2.16. The molecule has 0 unspecified atom stereocenters. The molecule has 0 fully saturated rings. The van der Waals surface area contributed by atoms with Crippen molar-refractivity contribution < 1.29 is 17.9 Å². The first kappa shape index (κ1) is 16.9. The quantitative estimate of drug-likeness (QED) is 0.687. The fourth-order valence-corrected chi connectivity index (χ4v) is 4.19. The van der Waals surface area contributed by atoms with Gasteiger partial charge in [-0.2, -0.15) is 4.37 Å². The van der Waals surface area contributed by atoms with Gasteiger partial charge in [-0.1, -0.05) is 11.3 Å². The SMILES string of the molecule is Cc1nsc(Sc2nnc(Nc3ccc(OC(F)(F)F)cc3)s2)n1. The topological polar surface area (TPSA) is 72.8 Å². The van der Waals surface area contributed by atoms with Crippen molar-refractivity contribution in [3.05, 3.63) is 30.1 Å². The summed E-state index contributed by atoms with van der Waals surface area (Å²) in [5, 5.41) is 11.5. The Bertz CT molecular complexity index is 818. The first-order valence-electron chi connectivity index (χ1n) is 6.32. The molecular weight excluding hydrogens is 383 g/mol. The zero-order valence-corrected chi connectivity index (χ0v) is 14.3. The van der Waals surface area contributed by atoms with Gasteiger partial charge in [-0.3, -0.25) is 0 Å². The maximum atomic E-state index is 12.1. The molecule has 2 heterocycles. The minimum atomic E-state index is -4.71. The number of halogens is 3. The molecule has 126 valence electrons. The van der Waals surface area contributed by atoms with Crippen LogP contribution in [0.2, 0.25) is 0 Å². The second kappa shape index (κ2) is 6.91. The third kappa shape index (κ3) is 4.79. The highest BCUT2D eigenvalue weighted by atomic mass is 32.2. The molecule has 1 aromatic carbocycles. The minimum absolute atomic E-state index is 0.284. The summed E-state index contributed by atoms with van der Waals surface area (Å²) in [5.41, 5.74) is 0.573. The summed E-state index contributed by atoms with van der Waals surface area (Å²) in [7, 11) is 0. The van der Waals surface area contributed by atoms with E-state index in [4.69, 9.17) is 0 Å². The molecule has 2 aromatic heterocycles. The van der Waals surface area contributed by atoms with E-state index in [1.54, 1.807) is 6.92 Å². The van der Waals surface area contributed by atoms with Gasteiger partial charge in [0.1, 0.15) is 11.6 Å². The fraction of sp³-hybridized carbons (Fsp3) is 0.167. The predicted molar refractivity (Wildman–Crippen MR) is 85.1 cm³/mol. The van der Waals surface area contributed by atoms with E-state index >= 15 is 0 Å². The molecule has 12 heteroatoms. The molecule has 1 N–H and O–H groups in total. The molecule has 0 aliphatic heterocycles. The highest BCUT2D eigenvalue weighted by Crippen LogP contribution is 2.34. The Kier molecular flexibility index (Phi) is 4.87. The van der Waals surface area contributed by atoms with E-state index in [2.05, 4.69) is 29.6 Å². The number of hydrogen-bond donors (Lipinski definition) is 1. The van der Waals surface area contributed by atoms with Gasteiger partial charge in [0.05, 0.1) is 0 Å². The van der Waals surface area contributed by atoms with E-state index in [0.29, 0.717) is 21.0 Å². The van der Waals surface area contributed by atoms with Crippen LogP contribution in [-0.2, 0) is 0 Å². The Labute approximate surface area is 146 Å². The molecule has 0 radical (unpaired) electrons. The predicted octanol–water partition coefficient (Wildman–Crippen LogP) is 4.49. The van der Waals surface area contributed by atoms with Crippen molar-refractivity contribution in [2.24, 2.45) is 0 Å². The summed E-state index contributed by atoms with van der Waals surface area (Å²) in [4.78, 5) is 4.22. The molecule has 0 spiro atoms. The summed E-state index contributed by atoms with van der Waals surface area (Å²) < 4.78 is 45.7. The van der Waals surface area contributed by atoms with Crippen molar-refractivity contribution in [3.8, 4) is 5.75 Å². The molecule has 0 aliphatic rings. The van der Waals surface area contributed by atoms with Crippen molar-refractivity contribution >= 4 is 45.5 Å². The van der Waals surface area contributed by atoms with Gasteiger partial charge in [0, 0.05) is 5.69 Å². The van der Waals surface area contributed by atoms with Crippen LogP contribution in [-0.4, -0.2) is 25.9 Å². The van der Waals surface area contributed by atoms with Gasteiger partial charge in [-0.25, -0.2) is 4.98 Å². The second-order valence-corrected chi connectivity index (χ2v) is 7.50. The summed E-state index contributed by atoms with van der Waals surface area (Å²) in [6, 6.07) is 5.36. The van der Waals surface area contributed by atoms with Gasteiger partial charge in [-0.05, 0) is 54.5 Å². The number of hydrogen-bond acceptors (Lipinski definition) is 9. The van der Waals surface area contributed by atoms with Gasteiger partial charge in [-0.15, -0.1) is 23.4 Å². The van der Waals surface area contributed by atoms with Crippen molar-refractivity contribution in [1.29, 1.82) is 0 Å². The van der Waals surface area contributed by atoms with Crippen LogP contribution >= 0.6 is 34.6 Å². The number of aryl methyl sites for hydroxylation is 1. The van der Waals surface area contributed by atoms with Crippen LogP contribution in [0.25, 0.3) is 0 Å². The monoisotopic (exact) mass is 391 g/mol. The third-order valence-corrected chi connectivity index (χ3v) is 5.16. The van der Waals surface area contributed by atoms with E-state index in [1.807, 2.05) is 0 Å². The standard InChI is InChI=1S/C12H8F3N5OS3/c1-6-16-10(24-20-6)23-11-19-18-9(22-11)17-7-2-4-8(5-3-7)21-12(13,14)15/h2-5H,1H3,(H,17,18). The first-order chi connectivity index (χ1) is 11.4. The number of ether oxygens (including phenoxy) is 1. The van der Waals surface area contributed by atoms with Crippen molar-refractivity contribution in [2.75, 3.05) is 5.32 Å². The van der Waals surface area contributed by atoms with Gasteiger partial charge < -0.3 is 10.1 Å². The maximum absolute atomic E-state index is 12.1. The van der Waals surface area contributed by atoms with Crippen molar-refractivity contribution in [3.63, 3.8) is 0 Å². The molecule has 6 nitrogen and oxygen atoms in total. The van der Waals surface area contributed by atoms with E-state index in [-0.39, 0.29) is 5.75 Å². The Morgan fingerprint density at radius 1 is 1.12 bits per heavy atom. The van der Waals surface area contributed by atoms with Crippen LogP contribution in [0.4, 0.5) is 24.0 Å². The van der Waals surface area contributed by atoms with Gasteiger partial charge in [0.15, 0.2) is 8.68 Å². The molecule has 0 aliphatic carbocycles. The zero-order valence-electron chi connectivity index (χ0n) is 11.9. The average molecular weight is 391 g/mol. The Morgan fingerprint density at radius 2 is 1.88 bits per heavy atom. The van der Waals surface area contributed by atoms with Crippen LogP contribution < -0.4 is 10.1 Å². The summed E-state index contributed by atoms with van der Waals surface area (Å²) in [5.74, 6) is 0.416. The van der Waals surface area contributed by atoms with Crippen LogP contribution in [0.15, 0.2) is 32.9 Å². The van der Waals surface area contributed by atoms with Gasteiger partial charge in [0.2, 0.25) is 5.13 Å². The zero-order chi connectivity index (χ0) is 17.2. The van der Waals surface area contributed by atoms with E-state index < -0.39 is 6.36 Å². The molecule has 24 heavy (non-hydrogen) atoms. The molecule has 3 aromatic rings. The van der Waals surface area contributed by atoms with Gasteiger partial charge in [0.25, 0.3) is 0 Å². The Balaban J connectivity index is 1.62. The number of nitrogens with zero attached hydrogens (tertiary/aromatic N) is 4. The van der Waals surface area contributed by atoms with Gasteiger partial charge >= 0.3 is 6.36 Å². The Morgan fingerprint density at radius 3 is 2.50 bits per heavy atom. The van der Waals surface area contributed by atoms with Crippen LogP contribution in [0.5, 0.6) is 5.75 Å². The lowest BCUT2D eigenvalue weighted by molar-refractivity contribution is -0.274. The number of aromatic nitrogens is 4. The third-order valence-electron chi connectivity index (χ3n) is 2.43. The summed E-state index contributed by atoms with van der Waals surface area (Å²) in [6.07, 6.45) is -4.71. The average Bonchev–Trinajstić information content (AvgIpc) is 3.09. The lowest BCUT2D eigenvalue weighted by Gasteiger charge is -2.09. The minimum Gasteiger partial charge on any atom is -0.406 e. The summed E-state index contributed by atoms with van der Waals surface area (Å²) >= 11 is 3.93. The molecule has 0 bridgehead atoms. The second-order valence-electron chi connectivity index (χ2n) is 4.28. The summed E-state index contributed by atoms with van der Waals surface area (Å²) in [6.45, 7) is 1.81. The number of benzene rings is 1.